The highest BCUT2D eigenvalue weighted by atomic mass is 16.6. The van der Waals surface area contributed by atoms with Crippen LogP contribution in [0.15, 0.2) is 0 Å². The standard InChI is InChI=1S/C14H26N2O3/c1-2-16-9-12(19-14(16)18)13(17)11(15)8-10-6-4-3-5-7-10/h10-13,17H,2-9,15H2,1H3/t11-,12-,13+/m0/s1. The third-order valence-corrected chi connectivity index (χ3v) is 4.44. The molecule has 2 rings (SSSR count). The molecule has 0 aromatic heterocycles. The molecule has 19 heavy (non-hydrogen) atoms. The van der Waals surface area contributed by atoms with Crippen LogP contribution in [0.25, 0.3) is 0 Å². The molecule has 1 saturated heterocycles. The van der Waals surface area contributed by atoms with Gasteiger partial charge in [0.2, 0.25) is 0 Å². The van der Waals surface area contributed by atoms with Crippen molar-refractivity contribution in [3.63, 3.8) is 0 Å². The highest BCUT2D eigenvalue weighted by Gasteiger charge is 2.38. The van der Waals surface area contributed by atoms with Crippen LogP contribution < -0.4 is 5.73 Å². The number of amides is 1. The molecule has 1 aliphatic heterocycles. The quantitative estimate of drug-likeness (QED) is 0.793. The number of hydrogen-bond donors (Lipinski definition) is 2. The summed E-state index contributed by atoms with van der Waals surface area (Å²) in [6.45, 7) is 2.97. The lowest BCUT2D eigenvalue weighted by atomic mass is 9.83. The van der Waals surface area contributed by atoms with E-state index in [1.165, 1.54) is 32.1 Å². The van der Waals surface area contributed by atoms with Gasteiger partial charge in [0.1, 0.15) is 12.2 Å². The summed E-state index contributed by atoms with van der Waals surface area (Å²) in [5.74, 6) is 0.623. The molecule has 0 spiro atoms. The molecule has 3 N–H and O–H groups in total. The maximum absolute atomic E-state index is 11.5. The molecule has 0 unspecified atom stereocenters. The molecule has 1 saturated carbocycles. The van der Waals surface area contributed by atoms with E-state index in [-0.39, 0.29) is 12.1 Å². The first-order valence-corrected chi connectivity index (χ1v) is 7.51. The van der Waals surface area contributed by atoms with Crippen LogP contribution in [0.2, 0.25) is 0 Å². The summed E-state index contributed by atoms with van der Waals surface area (Å²) >= 11 is 0. The third kappa shape index (κ3) is 3.60. The number of hydrogen-bond acceptors (Lipinski definition) is 4. The SMILES string of the molecule is CCN1C[C@@H]([C@H](O)[C@@H](N)CC2CCCCC2)OC1=O. The Hall–Kier alpha value is -0.810. The van der Waals surface area contributed by atoms with Crippen molar-refractivity contribution < 1.29 is 14.6 Å². The Balaban J connectivity index is 1.81. The van der Waals surface area contributed by atoms with Crippen molar-refractivity contribution in [3.05, 3.63) is 0 Å². The first kappa shape index (κ1) is 14.6. The minimum absolute atomic E-state index is 0.294. The number of carbonyl (C=O) groups is 1. The van der Waals surface area contributed by atoms with Crippen LogP contribution in [-0.2, 0) is 4.74 Å². The van der Waals surface area contributed by atoms with Crippen LogP contribution in [0.5, 0.6) is 0 Å². The Morgan fingerprint density at radius 2 is 2.11 bits per heavy atom. The Morgan fingerprint density at radius 1 is 1.42 bits per heavy atom. The number of rotatable bonds is 5. The van der Waals surface area contributed by atoms with Gasteiger partial charge in [0.15, 0.2) is 0 Å². The second-order valence-electron chi connectivity index (χ2n) is 5.86. The zero-order chi connectivity index (χ0) is 13.8. The van der Waals surface area contributed by atoms with E-state index in [9.17, 15) is 9.90 Å². The van der Waals surface area contributed by atoms with Gasteiger partial charge in [-0.2, -0.15) is 0 Å². The van der Waals surface area contributed by atoms with Gasteiger partial charge in [0.25, 0.3) is 0 Å². The minimum atomic E-state index is -0.748. The Bertz CT molecular complexity index is 305. The molecule has 0 bridgehead atoms. The predicted octanol–water partition coefficient (Wildman–Crippen LogP) is 1.49. The molecule has 110 valence electrons. The van der Waals surface area contributed by atoms with Gasteiger partial charge in [-0.05, 0) is 19.3 Å². The van der Waals surface area contributed by atoms with E-state index in [1.807, 2.05) is 6.92 Å². The van der Waals surface area contributed by atoms with E-state index >= 15 is 0 Å². The molecular weight excluding hydrogens is 244 g/mol. The lowest BCUT2D eigenvalue weighted by Gasteiger charge is -2.28. The summed E-state index contributed by atoms with van der Waals surface area (Å²) in [6, 6.07) is -0.294. The van der Waals surface area contributed by atoms with E-state index in [2.05, 4.69) is 0 Å². The zero-order valence-electron chi connectivity index (χ0n) is 11.8. The van der Waals surface area contributed by atoms with Crippen molar-refractivity contribution in [2.24, 2.45) is 11.7 Å². The highest BCUT2D eigenvalue weighted by Crippen LogP contribution is 2.28. The number of aliphatic hydroxyl groups excluding tert-OH is 1. The van der Waals surface area contributed by atoms with Crippen LogP contribution in [0.3, 0.4) is 0 Å². The third-order valence-electron chi connectivity index (χ3n) is 4.44. The number of nitrogens with two attached hydrogens (primary N) is 1. The molecule has 2 aliphatic rings. The monoisotopic (exact) mass is 270 g/mol. The molecule has 1 aliphatic carbocycles. The number of cyclic esters (lactones) is 1. The van der Waals surface area contributed by atoms with Crippen molar-refractivity contribution in [2.75, 3.05) is 13.1 Å². The van der Waals surface area contributed by atoms with Gasteiger partial charge in [0, 0.05) is 12.6 Å². The second-order valence-corrected chi connectivity index (χ2v) is 5.86. The summed E-state index contributed by atoms with van der Waals surface area (Å²) < 4.78 is 5.19. The summed E-state index contributed by atoms with van der Waals surface area (Å²) in [5.41, 5.74) is 6.10. The molecule has 5 nitrogen and oxygen atoms in total. The molecule has 1 amide bonds. The van der Waals surface area contributed by atoms with Crippen LogP contribution >= 0.6 is 0 Å². The van der Waals surface area contributed by atoms with Gasteiger partial charge >= 0.3 is 6.09 Å². The Kier molecular flexibility index (Phi) is 5.05. The molecule has 0 radical (unpaired) electrons. The zero-order valence-corrected chi connectivity index (χ0v) is 11.8. The van der Waals surface area contributed by atoms with E-state index < -0.39 is 12.2 Å². The average molecular weight is 270 g/mol. The van der Waals surface area contributed by atoms with Crippen LogP contribution in [0.1, 0.15) is 45.4 Å². The first-order valence-electron chi connectivity index (χ1n) is 7.51. The Labute approximate surface area is 115 Å². The van der Waals surface area contributed by atoms with E-state index in [1.54, 1.807) is 4.90 Å². The number of aliphatic hydroxyl groups is 1. The summed E-state index contributed by atoms with van der Waals surface area (Å²) in [7, 11) is 0. The highest BCUT2D eigenvalue weighted by molar-refractivity contribution is 5.69. The number of nitrogens with zero attached hydrogens (tertiary/aromatic N) is 1. The molecule has 2 fully saturated rings. The van der Waals surface area contributed by atoms with Crippen LogP contribution in [0.4, 0.5) is 4.79 Å². The molecule has 3 atom stereocenters. The predicted molar refractivity (Wildman–Crippen MR) is 72.7 cm³/mol. The van der Waals surface area contributed by atoms with Gasteiger partial charge in [-0.25, -0.2) is 4.79 Å². The summed E-state index contributed by atoms with van der Waals surface area (Å²) in [5, 5.41) is 10.3. The van der Waals surface area contributed by atoms with E-state index in [4.69, 9.17) is 10.5 Å². The number of ether oxygens (including phenoxy) is 1. The molecule has 0 aromatic carbocycles. The summed E-state index contributed by atoms with van der Waals surface area (Å²) in [6.07, 6.45) is 5.58. The minimum Gasteiger partial charge on any atom is -0.441 e. The lowest BCUT2D eigenvalue weighted by molar-refractivity contribution is 0.0120. The normalized spacial score (nSPS) is 28.3. The first-order chi connectivity index (χ1) is 9.11. The van der Waals surface area contributed by atoms with Crippen molar-refractivity contribution in [1.29, 1.82) is 0 Å². The lowest BCUT2D eigenvalue weighted by Crippen LogP contribution is -2.45. The average Bonchev–Trinajstić information content (AvgIpc) is 2.80. The fraction of sp³-hybridized carbons (Fsp3) is 0.929. The molecule has 1 heterocycles. The van der Waals surface area contributed by atoms with Crippen LogP contribution in [-0.4, -0.2) is 47.4 Å². The van der Waals surface area contributed by atoms with Gasteiger partial charge in [-0.1, -0.05) is 32.1 Å². The fourth-order valence-corrected chi connectivity index (χ4v) is 3.19. The van der Waals surface area contributed by atoms with Crippen molar-refractivity contribution in [3.8, 4) is 0 Å². The van der Waals surface area contributed by atoms with Crippen molar-refractivity contribution in [1.82, 2.24) is 4.90 Å². The molecular formula is C14H26N2O3. The van der Waals surface area contributed by atoms with Crippen molar-refractivity contribution in [2.45, 2.75) is 63.7 Å². The molecule has 0 aromatic rings. The van der Waals surface area contributed by atoms with Gasteiger partial charge < -0.3 is 20.5 Å². The fourth-order valence-electron chi connectivity index (χ4n) is 3.19. The topological polar surface area (TPSA) is 75.8 Å². The maximum Gasteiger partial charge on any atom is 0.410 e. The largest absolute Gasteiger partial charge is 0.441 e. The van der Waals surface area contributed by atoms with Crippen LogP contribution in [0, 0.1) is 5.92 Å². The number of carbonyl (C=O) groups excluding carboxylic acids is 1. The second kappa shape index (κ2) is 6.57. The van der Waals surface area contributed by atoms with Gasteiger partial charge in [-0.3, -0.25) is 0 Å². The van der Waals surface area contributed by atoms with E-state index in [0.717, 1.165) is 6.42 Å². The van der Waals surface area contributed by atoms with Gasteiger partial charge in [-0.15, -0.1) is 0 Å². The maximum atomic E-state index is 11.5. The molecule has 5 heteroatoms. The van der Waals surface area contributed by atoms with E-state index in [0.29, 0.717) is 19.0 Å². The summed E-state index contributed by atoms with van der Waals surface area (Å²) in [4.78, 5) is 13.1. The smallest absolute Gasteiger partial charge is 0.410 e. The Morgan fingerprint density at radius 3 is 2.68 bits per heavy atom. The number of likely N-dealkylation sites (N-methyl/N-ethyl adjacent to an activating group) is 1. The van der Waals surface area contributed by atoms with Crippen molar-refractivity contribution >= 4 is 6.09 Å². The van der Waals surface area contributed by atoms with Gasteiger partial charge in [0.05, 0.1) is 6.54 Å².